The van der Waals surface area contributed by atoms with Crippen LogP contribution in [0.15, 0.2) is 35.1 Å². The molecular formula is C85H119BrFN9O33. The molecule has 2 aromatic heterocycles. The van der Waals surface area contributed by atoms with E-state index in [4.69, 9.17) is 90.2 Å². The summed E-state index contributed by atoms with van der Waals surface area (Å²) in [5, 5.41) is 73.2. The third-order valence-corrected chi connectivity index (χ3v) is 22.6. The maximum absolute atomic E-state index is 15.7. The number of hydrogen-bond acceptors (Lipinski definition) is 33. The van der Waals surface area contributed by atoms with Gasteiger partial charge in [-0.1, -0.05) is 28.9 Å². The fourth-order valence-corrected chi connectivity index (χ4v) is 15.5. The molecule has 3 saturated heterocycles. The molecule has 1 aliphatic carbocycles. The van der Waals surface area contributed by atoms with Crippen molar-refractivity contribution in [3.05, 3.63) is 91.0 Å². The molecule has 12 N–H and O–H groups in total. The molecule has 7 heterocycles. The first-order valence-corrected chi connectivity index (χ1v) is 44.3. The van der Waals surface area contributed by atoms with Crippen molar-refractivity contribution in [1.82, 2.24) is 46.8 Å². The normalized spacial score (nSPS) is 21.4. The molecule has 44 heteroatoms. The number of halogens is 2. The van der Waals surface area contributed by atoms with Crippen LogP contribution in [-0.4, -0.2) is 340 Å². The number of nitrogens with zero attached hydrogens (tertiary/aromatic N) is 2. The minimum atomic E-state index is -2.12. The Morgan fingerprint density at radius 3 is 1.74 bits per heavy atom. The van der Waals surface area contributed by atoms with Crippen LogP contribution in [0.1, 0.15) is 109 Å². The number of aliphatic carboxylic acids is 1. The molecule has 5 aliphatic heterocycles. The molecule has 3 fully saturated rings. The second-order valence-corrected chi connectivity index (χ2v) is 31.5. The number of alkyl halides is 1. The highest BCUT2D eigenvalue weighted by molar-refractivity contribution is 9.09. The summed E-state index contributed by atoms with van der Waals surface area (Å²) in [5.74, 6) is -6.34. The van der Waals surface area contributed by atoms with Gasteiger partial charge in [0.15, 0.2) is 11.7 Å². The number of pyridine rings is 2. The summed E-state index contributed by atoms with van der Waals surface area (Å²) in [4.78, 5) is 137. The monoisotopic (exact) mass is 1890 g/mol. The van der Waals surface area contributed by atoms with Crippen LogP contribution in [0.3, 0.4) is 0 Å². The molecule has 12 atom stereocenters. The van der Waals surface area contributed by atoms with Gasteiger partial charge in [0, 0.05) is 80.6 Å². The molecule has 10 rings (SSSR count). The Morgan fingerprint density at radius 2 is 1.19 bits per heavy atom. The minimum absolute atomic E-state index is 0.0185. The van der Waals surface area contributed by atoms with Crippen LogP contribution >= 0.6 is 15.9 Å². The standard InChI is InChI=1S/C85H119BrFN9O33/c1-4-85(111)56-41-63-72-54(45-96(63)80(106)55(56)47-126-83(85)109)71-58(10-9-53-50(2)57(87)42-60(94-72)70(53)71)95-84(110)127-46-51-8-11-64(128-82-75(104)73(102)74(103)78(129-82)81(107)108)52(40-51)44-90-65(97)12-16-89-79(105)59(91-67(99)13-15-88-69(101)43-86)6-5-7-66(98)92-61-48-124-77-62(49-125-76(61)77)93-68(100)14-17-113-20-21-115-24-25-117-28-29-119-32-33-121-36-37-123-39-38-122-35-34-120-31-30-118-27-26-116-23-22-114-19-18-112-3/h8,11,40-42,58-59,61-62,73-78,82,102-104,111H,4-7,9-10,12-39,43-49H2,1-3H3,(H,88,101)(H,89,105)(H,90,97)(H,91,99)(H,92,98)(H,93,100)(H,95,110)(H,107,108)/t58-,59-,61-,62-,73-,74-,75+,76+,77+,78-,82+,85-/m0/s1. The van der Waals surface area contributed by atoms with E-state index in [-0.39, 0.29) is 179 Å². The predicted octanol–water partition coefficient (Wildman–Crippen LogP) is -0.623. The number of benzene rings is 2. The Hall–Kier alpha value is -8.72. The lowest BCUT2D eigenvalue weighted by atomic mass is 9.81. The van der Waals surface area contributed by atoms with E-state index in [0.29, 0.717) is 166 Å². The number of carbonyl (C=O) groups excluding carboxylic acids is 8. The number of carbonyl (C=O) groups is 9. The maximum Gasteiger partial charge on any atom is 0.407 e. The van der Waals surface area contributed by atoms with E-state index in [1.54, 1.807) is 21.0 Å². The van der Waals surface area contributed by atoms with Gasteiger partial charge in [0.05, 0.1) is 218 Å². The largest absolute Gasteiger partial charge is 0.479 e. The molecule has 129 heavy (non-hydrogen) atoms. The molecule has 0 bridgehead atoms. The first kappa shape index (κ1) is 102. The third-order valence-electron chi connectivity index (χ3n) is 22.1. The van der Waals surface area contributed by atoms with Crippen LogP contribution in [0.2, 0.25) is 0 Å². The van der Waals surface area contributed by atoms with E-state index in [2.05, 4.69) is 53.1 Å². The highest BCUT2D eigenvalue weighted by atomic mass is 79.9. The SMILES string of the molecule is CC[C@@]1(O)C(=O)OCc2c1cc1n(c2=O)Cc2c-1nc1cc(F)c(C)c3c1c2[C@@H](NC(=O)OCc1ccc(O[C@@H]2O[C@H](C(=O)O)[C@@H](O)[C@H](O)[C@H]2O)c(CNC(=O)CCNC(=O)[C@H](CCCC(=O)N[C@H]2CO[C@H]4[C@@H]2OC[C@@H]4NC(=O)CCOCCOCCOCCOCCOCCOCCOCCOCCOCCOCCOCCOC)NC(=O)CCNC(=O)CBr)c1)CC3. The molecular weight excluding hydrogens is 1770 g/mol. The molecule has 4 aromatic rings. The molecule has 0 unspecified atom stereocenters. The van der Waals surface area contributed by atoms with Gasteiger partial charge in [-0.05, 0) is 79.5 Å². The Bertz CT molecular complexity index is 4440. The van der Waals surface area contributed by atoms with Crippen molar-refractivity contribution in [3.63, 3.8) is 0 Å². The minimum Gasteiger partial charge on any atom is -0.479 e. The number of hydrogen-bond donors (Lipinski definition) is 12. The number of aryl methyl sites for hydroxylation is 1. The quantitative estimate of drug-likeness (QED) is 0.0131. The summed E-state index contributed by atoms with van der Waals surface area (Å²) < 4.78 is 117. The summed E-state index contributed by atoms with van der Waals surface area (Å²) in [5.41, 5.74) is 0.809. The molecule has 7 amide bonds. The number of aromatic nitrogens is 2. The number of esters is 1. The molecule has 716 valence electrons. The van der Waals surface area contributed by atoms with Crippen LogP contribution in [-0.2, 0) is 157 Å². The zero-order chi connectivity index (χ0) is 92.2. The summed E-state index contributed by atoms with van der Waals surface area (Å²) in [6.07, 6.45) is -12.3. The number of amides is 7. The highest BCUT2D eigenvalue weighted by Crippen LogP contribution is 2.46. The van der Waals surface area contributed by atoms with E-state index < -0.39 is 132 Å². The number of cyclic esters (lactones) is 1. The highest BCUT2D eigenvalue weighted by Gasteiger charge is 2.51. The number of aliphatic hydroxyl groups excluding tert-OH is 3. The second kappa shape index (κ2) is 53.1. The fraction of sp³-hybridized carbons (Fsp3) is 0.659. The lowest BCUT2D eigenvalue weighted by molar-refractivity contribution is -0.271. The zero-order valence-corrected chi connectivity index (χ0v) is 74.1. The van der Waals surface area contributed by atoms with Gasteiger partial charge in [-0.2, -0.15) is 0 Å². The van der Waals surface area contributed by atoms with Gasteiger partial charge in [0.1, 0.15) is 61.3 Å². The Balaban J connectivity index is 0.613. The topological polar surface area (TPSA) is 540 Å². The summed E-state index contributed by atoms with van der Waals surface area (Å²) in [7, 11) is 1.63. The van der Waals surface area contributed by atoms with Crippen molar-refractivity contribution in [1.29, 1.82) is 0 Å². The lowest BCUT2D eigenvalue weighted by Crippen LogP contribution is -2.61. The Morgan fingerprint density at radius 1 is 0.636 bits per heavy atom. The Kier molecular flexibility index (Phi) is 42.1. The van der Waals surface area contributed by atoms with Crippen molar-refractivity contribution in [2.45, 2.75) is 171 Å². The van der Waals surface area contributed by atoms with Crippen molar-refractivity contribution in [2.24, 2.45) is 0 Å². The number of nitrogens with one attached hydrogen (secondary N) is 7. The van der Waals surface area contributed by atoms with Gasteiger partial charge in [-0.15, -0.1) is 0 Å². The van der Waals surface area contributed by atoms with Crippen LogP contribution < -0.4 is 47.5 Å². The van der Waals surface area contributed by atoms with Gasteiger partial charge >= 0.3 is 18.0 Å². The molecule has 0 saturated carbocycles. The summed E-state index contributed by atoms with van der Waals surface area (Å²) >= 11 is 3.05. The number of methoxy groups -OCH3 is 1. The Labute approximate surface area is 751 Å². The summed E-state index contributed by atoms with van der Waals surface area (Å²) in [6.45, 7) is 11.5. The van der Waals surface area contributed by atoms with Crippen LogP contribution in [0.25, 0.3) is 22.3 Å². The van der Waals surface area contributed by atoms with Crippen molar-refractivity contribution >= 4 is 80.3 Å². The van der Waals surface area contributed by atoms with Gasteiger partial charge in [-0.25, -0.2) is 23.8 Å². The first-order valence-electron chi connectivity index (χ1n) is 43.2. The van der Waals surface area contributed by atoms with E-state index in [0.717, 1.165) is 0 Å². The number of ether oxygens (including phenoxy) is 18. The van der Waals surface area contributed by atoms with Gasteiger partial charge in [0.25, 0.3) is 5.56 Å². The van der Waals surface area contributed by atoms with Crippen LogP contribution in [0, 0.1) is 12.7 Å². The number of rotatable bonds is 60. The maximum atomic E-state index is 15.7. The van der Waals surface area contributed by atoms with E-state index in [9.17, 15) is 73.5 Å². The van der Waals surface area contributed by atoms with E-state index >= 15 is 4.39 Å². The number of carboxylic acids is 1. The number of alkyl carbamates (subject to hydrolysis) is 1. The van der Waals surface area contributed by atoms with Crippen molar-refractivity contribution < 1.29 is 158 Å². The summed E-state index contributed by atoms with van der Waals surface area (Å²) in [6, 6.07) is 3.90. The van der Waals surface area contributed by atoms with Gasteiger partial charge in [0.2, 0.25) is 41.7 Å². The lowest BCUT2D eigenvalue weighted by Gasteiger charge is -2.38. The van der Waals surface area contributed by atoms with Gasteiger partial charge in [-0.3, -0.25) is 33.6 Å². The molecule has 0 radical (unpaired) electrons. The zero-order valence-electron chi connectivity index (χ0n) is 72.5. The third kappa shape index (κ3) is 29.9. The van der Waals surface area contributed by atoms with Crippen molar-refractivity contribution in [2.75, 3.05) is 191 Å². The second-order valence-electron chi connectivity index (χ2n) is 30.9. The van der Waals surface area contributed by atoms with E-state index in [1.165, 1.54) is 34.9 Å². The first-order chi connectivity index (χ1) is 62.4. The number of fused-ring (bicyclic) bond motifs is 6. The molecule has 6 aliphatic rings. The van der Waals surface area contributed by atoms with Gasteiger partial charge < -0.3 is 153 Å². The fourth-order valence-electron chi connectivity index (χ4n) is 15.3. The number of carboxylic acid groups (broad SMARTS) is 1. The predicted molar refractivity (Wildman–Crippen MR) is 451 cm³/mol. The van der Waals surface area contributed by atoms with Crippen molar-refractivity contribution in [3.8, 4) is 17.1 Å². The average Bonchev–Trinajstić information content (AvgIpc) is 1.58. The molecule has 2 aromatic carbocycles. The van der Waals surface area contributed by atoms with Crippen LogP contribution in [0.5, 0.6) is 5.75 Å². The molecule has 0 spiro atoms. The smallest absolute Gasteiger partial charge is 0.407 e. The molecule has 42 nitrogen and oxygen atoms in total. The number of aliphatic hydroxyl groups is 4. The average molecular weight is 1890 g/mol. The van der Waals surface area contributed by atoms with Crippen LogP contribution in [0.4, 0.5) is 9.18 Å². The van der Waals surface area contributed by atoms with E-state index in [1.807, 2.05) is 0 Å².